The molecule has 0 radical (unpaired) electrons. The van der Waals surface area contributed by atoms with Crippen LogP contribution < -0.4 is 16.0 Å². The van der Waals surface area contributed by atoms with Crippen molar-refractivity contribution in [1.29, 1.82) is 0 Å². The fraction of sp³-hybridized carbons (Fsp3) is 0.905. The van der Waals surface area contributed by atoms with E-state index in [1.54, 1.807) is 45.8 Å². The third-order valence-corrected chi connectivity index (χ3v) is 28.0. The third-order valence-electron chi connectivity index (χ3n) is 24.7. The number of nitrogens with one attached hydrogen (secondary N) is 3. The van der Waals surface area contributed by atoms with Crippen LogP contribution in [-0.2, 0) is 99.9 Å². The number of methoxy groups -OCH3 is 2. The maximum Gasteiger partial charge on any atom is 0.407 e. The number of ketones is 3. The minimum atomic E-state index is -1.21. The van der Waals surface area contributed by atoms with E-state index in [1.807, 2.05) is 29.5 Å². The first-order chi connectivity index (χ1) is 63.4. The van der Waals surface area contributed by atoms with E-state index in [9.17, 15) is 89.1 Å². The predicted octanol–water partition coefficient (Wildman–Crippen LogP) is 9.31. The zero-order chi connectivity index (χ0) is 97.3. The SMILES string of the molecule is CCC(=O)CC(CCCOC(=O)CCCCCCCNC(=O)CCCOC1OC(CO)C(O)C(O)C1C)(CCCOC(=O)CCCCCCCNC(=O)CCCOC1OC(CO)C(O)C(O)C1C)CCCOC(=O)NCCCCCCCC(=O)CCCOC1OC(CO)C(O)C(O)C1C.CCOCCOCCSSC(C)(C)CCC(=O)CCCCC(=O)N1C[C@@H](OC)C[C@@H]1COC. The number of rotatable bonds is 77. The van der Waals surface area contributed by atoms with Crippen LogP contribution in [0.2, 0.25) is 0 Å². The lowest BCUT2D eigenvalue weighted by Crippen LogP contribution is -2.55. The number of amides is 4. The highest BCUT2D eigenvalue weighted by Gasteiger charge is 2.46. The summed E-state index contributed by atoms with van der Waals surface area (Å²) in [7, 11) is 6.97. The molecule has 4 aliphatic rings. The minimum absolute atomic E-state index is 0.0472. The van der Waals surface area contributed by atoms with Gasteiger partial charge in [0, 0.05) is 146 Å². The first kappa shape index (κ1) is 122. The van der Waals surface area contributed by atoms with E-state index in [0.29, 0.717) is 168 Å². The fourth-order valence-corrected chi connectivity index (χ4v) is 18.7. The van der Waals surface area contributed by atoms with Crippen molar-refractivity contribution in [2.24, 2.45) is 23.2 Å². The Bertz CT molecular complexity index is 2860. The van der Waals surface area contributed by atoms with Crippen LogP contribution in [0, 0.1) is 23.2 Å². The molecule has 4 aliphatic heterocycles. The van der Waals surface area contributed by atoms with Crippen LogP contribution in [0.3, 0.4) is 0 Å². The molecule has 15 unspecified atom stereocenters. The molecule has 4 amide bonds. The molecule has 132 heavy (non-hydrogen) atoms. The summed E-state index contributed by atoms with van der Waals surface area (Å²) in [5.41, 5.74) is -0.532. The van der Waals surface area contributed by atoms with Crippen LogP contribution in [0.5, 0.6) is 0 Å². The van der Waals surface area contributed by atoms with Gasteiger partial charge in [-0.25, -0.2) is 4.79 Å². The number of nitrogens with zero attached hydrogens (tertiary/aromatic N) is 1. The number of likely N-dealkylation sites (tertiary alicyclic amines) is 1. The molecular weight excluding hydrogens is 1760 g/mol. The average Bonchev–Trinajstić information content (AvgIpc) is 1.11. The van der Waals surface area contributed by atoms with Gasteiger partial charge in [0.15, 0.2) is 18.9 Å². The van der Waals surface area contributed by atoms with E-state index in [0.717, 1.165) is 122 Å². The van der Waals surface area contributed by atoms with Gasteiger partial charge in [0.1, 0.15) is 54.0 Å². The lowest BCUT2D eigenvalue weighted by molar-refractivity contribution is -0.282. The Labute approximate surface area is 793 Å². The molecule has 4 heterocycles. The molecular formula is C95H172N4O31S2. The van der Waals surface area contributed by atoms with Crippen molar-refractivity contribution in [3.05, 3.63) is 0 Å². The van der Waals surface area contributed by atoms with Gasteiger partial charge in [-0.3, -0.25) is 38.4 Å². The van der Waals surface area contributed by atoms with Gasteiger partial charge in [-0.15, -0.1) is 0 Å². The van der Waals surface area contributed by atoms with E-state index in [1.165, 1.54) is 0 Å². The van der Waals surface area contributed by atoms with Crippen molar-refractivity contribution in [3.63, 3.8) is 0 Å². The van der Waals surface area contributed by atoms with Crippen LogP contribution in [-0.4, -0.2) is 333 Å². The number of carbonyl (C=O) groups excluding carboxylic acids is 9. The van der Waals surface area contributed by atoms with Crippen LogP contribution in [0.4, 0.5) is 4.79 Å². The largest absolute Gasteiger partial charge is 0.466 e. The molecule has 0 aromatic carbocycles. The Morgan fingerprint density at radius 3 is 1.27 bits per heavy atom. The highest BCUT2D eigenvalue weighted by Crippen LogP contribution is 2.41. The average molecular weight is 1930 g/mol. The molecule has 0 aromatic heterocycles. The molecule has 37 heteroatoms. The number of hydrogen-bond acceptors (Lipinski definition) is 33. The molecule has 0 aliphatic carbocycles. The molecule has 0 saturated carbocycles. The number of aliphatic hydroxyl groups excluding tert-OH is 9. The smallest absolute Gasteiger partial charge is 0.407 e. The van der Waals surface area contributed by atoms with Gasteiger partial charge in [0.05, 0.1) is 116 Å². The Kier molecular flexibility index (Phi) is 68.0. The number of Topliss-reactive ketones (excluding diaryl/α,β-unsaturated/α-hetero) is 3. The second-order valence-electron chi connectivity index (χ2n) is 36.3. The number of carbonyl (C=O) groups is 9. The summed E-state index contributed by atoms with van der Waals surface area (Å²) in [6, 6.07) is 0.0910. The van der Waals surface area contributed by atoms with E-state index in [2.05, 4.69) is 29.8 Å². The molecule has 4 rings (SSSR count). The van der Waals surface area contributed by atoms with Crippen LogP contribution in [0.1, 0.15) is 299 Å². The molecule has 17 atom stereocenters. The summed E-state index contributed by atoms with van der Waals surface area (Å²) in [5.74, 6) is -0.803. The van der Waals surface area contributed by atoms with E-state index < -0.39 is 123 Å². The fourth-order valence-electron chi connectivity index (χ4n) is 16.3. The number of esters is 2. The first-order valence-electron chi connectivity index (χ1n) is 49.2. The van der Waals surface area contributed by atoms with Gasteiger partial charge in [-0.1, -0.05) is 107 Å². The van der Waals surface area contributed by atoms with Gasteiger partial charge in [-0.2, -0.15) is 0 Å². The van der Waals surface area contributed by atoms with E-state index in [4.69, 9.17) is 61.6 Å². The Morgan fingerprint density at radius 1 is 0.424 bits per heavy atom. The zero-order valence-corrected chi connectivity index (χ0v) is 82.7. The standard InChI is InChI=1S/C71H127N3O25.C24H45NO6S2/c1-5-52(78)45-71(33-24-42-91-59(82)31-16-10-7-12-18-36-72-57(80)29-22-40-94-68-50(3)62(85)65(88)55(47-76)98-68,34-25-43-92-60(83)32-17-11-8-13-19-37-73-58(81)30-23-41-95-69-51(4)63(86)66(89)56(48-77)99-69)35-26-44-96-70(90)74-38-20-14-6-9-15-27-53(79)28-21-39-93-67-49(2)61(84)64(87)54(46-75)97-67;1-6-30-13-14-31-15-16-32-33-24(2,3)12-11-21(26)9-7-8-10-23(27)25-18-22(29-5)17-20(25)19-28-4/h49-51,54-56,61-69,75-77,84-89H,5-48H2,1-4H3,(H,72,80)(H,73,81)(H,74,90);20,22H,6-19H2,1-5H3/t;20-,22+/m.1/s1. The topological polar surface area (TPSA) is 495 Å². The maximum atomic E-state index is 13.2. The highest BCUT2D eigenvalue weighted by molar-refractivity contribution is 8.77. The second kappa shape index (κ2) is 73.7. The van der Waals surface area contributed by atoms with Gasteiger partial charge in [0.25, 0.3) is 0 Å². The van der Waals surface area contributed by atoms with Gasteiger partial charge in [0.2, 0.25) is 17.7 Å². The van der Waals surface area contributed by atoms with Gasteiger partial charge < -0.3 is 128 Å². The summed E-state index contributed by atoms with van der Waals surface area (Å²) >= 11 is 0. The lowest BCUT2D eigenvalue weighted by atomic mass is 9.71. The lowest BCUT2D eigenvalue weighted by Gasteiger charge is -2.40. The Balaban J connectivity index is 0.00000114. The Morgan fingerprint density at radius 2 is 0.826 bits per heavy atom. The highest BCUT2D eigenvalue weighted by atomic mass is 33.1. The molecule has 0 aromatic rings. The molecule has 0 spiro atoms. The minimum Gasteiger partial charge on any atom is -0.466 e. The normalized spacial score (nSPS) is 24.2. The van der Waals surface area contributed by atoms with Gasteiger partial charge >= 0.3 is 18.0 Å². The molecule has 770 valence electrons. The molecule has 4 saturated heterocycles. The predicted molar refractivity (Wildman–Crippen MR) is 499 cm³/mol. The van der Waals surface area contributed by atoms with Crippen molar-refractivity contribution >= 4 is 74.7 Å². The van der Waals surface area contributed by atoms with Crippen molar-refractivity contribution in [3.8, 4) is 0 Å². The van der Waals surface area contributed by atoms with E-state index in [-0.39, 0.29) is 130 Å². The van der Waals surface area contributed by atoms with Crippen LogP contribution in [0.25, 0.3) is 0 Å². The third kappa shape index (κ3) is 53.1. The summed E-state index contributed by atoms with van der Waals surface area (Å²) < 4.78 is 72.2. The maximum absolute atomic E-state index is 13.2. The monoisotopic (exact) mass is 1930 g/mol. The molecule has 12 N–H and O–H groups in total. The quantitative estimate of drug-likeness (QED) is 0.0117. The molecule has 4 fully saturated rings. The van der Waals surface area contributed by atoms with Crippen molar-refractivity contribution < 1.29 is 151 Å². The summed E-state index contributed by atoms with van der Waals surface area (Å²) in [6.45, 7) is 18.3. The van der Waals surface area contributed by atoms with Gasteiger partial charge in [-0.05, 0) is 148 Å². The first-order valence-corrected chi connectivity index (χ1v) is 51.5. The van der Waals surface area contributed by atoms with Crippen molar-refractivity contribution in [2.75, 3.05) is 139 Å². The number of alkyl carbamates (subject to hydrolysis) is 1. The number of unbranched alkanes of at least 4 members (excludes halogenated alkanes) is 13. The van der Waals surface area contributed by atoms with Crippen LogP contribution >= 0.6 is 21.6 Å². The molecule has 0 bridgehead atoms. The van der Waals surface area contributed by atoms with Crippen molar-refractivity contribution in [1.82, 2.24) is 20.9 Å². The summed E-state index contributed by atoms with van der Waals surface area (Å²) in [4.78, 5) is 116. The Hall–Kier alpha value is -4.43. The van der Waals surface area contributed by atoms with E-state index >= 15 is 0 Å². The number of hydrogen-bond donors (Lipinski definition) is 12. The summed E-state index contributed by atoms with van der Waals surface area (Å²) in [5, 5.41) is 97.7. The zero-order valence-electron chi connectivity index (χ0n) is 81.1. The van der Waals surface area contributed by atoms with Crippen molar-refractivity contribution in [2.45, 2.75) is 390 Å². The molecule has 35 nitrogen and oxygen atoms in total. The number of ether oxygens (including phenoxy) is 13. The number of aliphatic hydroxyl groups is 9. The summed E-state index contributed by atoms with van der Waals surface area (Å²) in [6.07, 6.45) is 11.2. The second-order valence-corrected chi connectivity index (χ2v) is 39.4. The van der Waals surface area contributed by atoms with Crippen LogP contribution in [0.15, 0.2) is 0 Å².